The van der Waals surface area contributed by atoms with Gasteiger partial charge in [-0.3, -0.25) is 0 Å². The van der Waals surface area contributed by atoms with Gasteiger partial charge >= 0.3 is 0 Å². The van der Waals surface area contributed by atoms with Crippen LogP contribution in [-0.2, 0) is 28.8 Å². The smallest absolute Gasteiger partial charge is 0.132 e. The Bertz CT molecular complexity index is 452. The molecule has 0 aromatic heterocycles. The van der Waals surface area contributed by atoms with E-state index >= 15 is 0 Å². The van der Waals surface area contributed by atoms with Crippen LogP contribution in [0.15, 0.2) is 0 Å². The van der Waals surface area contributed by atoms with Gasteiger partial charge in [0.05, 0.1) is 7.85 Å². The molecule has 0 saturated carbocycles. The van der Waals surface area contributed by atoms with Crippen LogP contribution >= 0.6 is 113 Å². The molecule has 0 bridgehead atoms. The average molecular weight is 986 g/mol. The fourth-order valence-corrected chi connectivity index (χ4v) is 5.24. The highest BCUT2D eigenvalue weighted by atomic mass is 127. The predicted molar refractivity (Wildman–Crippen MR) is 162 cm³/mol. The number of rotatable bonds is 15. The zero-order valence-corrected chi connectivity index (χ0v) is 27.3. The average Bonchev–Trinajstić information content (AvgIpc) is 2.72. The van der Waals surface area contributed by atoms with Gasteiger partial charge in [-0.15, -0.1) is 0 Å². The maximum Gasteiger partial charge on any atom is 0.132 e. The summed E-state index contributed by atoms with van der Waals surface area (Å²) in [4.78, 5) is 60.4. The van der Waals surface area contributed by atoms with Crippen molar-refractivity contribution in [3.8, 4) is 0 Å². The maximum atomic E-state index is 10.1. The Morgan fingerprint density at radius 2 is 1.03 bits per heavy atom. The van der Waals surface area contributed by atoms with Gasteiger partial charge in [0.25, 0.3) is 0 Å². The van der Waals surface area contributed by atoms with Crippen LogP contribution in [0.3, 0.4) is 0 Å². The van der Waals surface area contributed by atoms with Gasteiger partial charge in [0.2, 0.25) is 0 Å². The Hall–Kier alpha value is 1.67. The second kappa shape index (κ2) is 26.9. The van der Waals surface area contributed by atoms with Crippen molar-refractivity contribution < 1.29 is 28.8 Å². The number of hydrogen-bond acceptors (Lipinski definition) is 6. The summed E-state index contributed by atoms with van der Waals surface area (Å²) in [5.74, 6) is 0.0946. The zero-order chi connectivity index (χ0) is 23.9. The SMILES string of the molecule is CC(C=O)CCC(I)C=O.O=CCC(I)C(I)CC=O.O=CCC(I)CC(I)C=O. The molecule has 174 valence electrons. The molecule has 0 spiro atoms. The minimum Gasteiger partial charge on any atom is -0.303 e. The normalized spacial score (nSPS) is 15.8. The fraction of sp³-hybridized carbons (Fsp3) is 0.684. The first-order chi connectivity index (χ1) is 14.1. The van der Waals surface area contributed by atoms with E-state index < -0.39 is 0 Å². The molecule has 0 amide bonds. The number of halogens is 5. The molecule has 0 aliphatic rings. The van der Waals surface area contributed by atoms with E-state index in [1.165, 1.54) is 0 Å². The molecule has 0 aliphatic carbocycles. The van der Waals surface area contributed by atoms with Crippen molar-refractivity contribution in [1.29, 1.82) is 0 Å². The van der Waals surface area contributed by atoms with Crippen molar-refractivity contribution in [3.63, 3.8) is 0 Å². The molecule has 0 fully saturated rings. The van der Waals surface area contributed by atoms with Gasteiger partial charge in [0.15, 0.2) is 0 Å². The van der Waals surface area contributed by atoms with E-state index in [-0.39, 0.29) is 13.8 Å². The van der Waals surface area contributed by atoms with Gasteiger partial charge in [-0.25, -0.2) is 0 Å². The summed E-state index contributed by atoms with van der Waals surface area (Å²) in [7, 11) is 0. The first-order valence-corrected chi connectivity index (χ1v) is 15.2. The topological polar surface area (TPSA) is 102 Å². The summed E-state index contributed by atoms with van der Waals surface area (Å²) < 4.78 is 1.02. The van der Waals surface area contributed by atoms with Crippen molar-refractivity contribution in [2.45, 2.75) is 65.1 Å². The van der Waals surface area contributed by atoms with Crippen LogP contribution in [0.1, 0.15) is 45.4 Å². The highest BCUT2D eigenvalue weighted by Gasteiger charge is 2.13. The van der Waals surface area contributed by atoms with E-state index in [0.717, 1.165) is 57.0 Å². The van der Waals surface area contributed by atoms with Crippen LogP contribution in [-0.4, -0.2) is 57.3 Å². The third-order valence-electron chi connectivity index (χ3n) is 3.29. The van der Waals surface area contributed by atoms with E-state index in [0.29, 0.717) is 31.0 Å². The molecule has 0 aromatic carbocycles. The molecule has 0 N–H and O–H groups in total. The Labute approximate surface area is 247 Å². The van der Waals surface area contributed by atoms with E-state index in [1.54, 1.807) is 0 Å². The van der Waals surface area contributed by atoms with Gasteiger partial charge in [-0.2, -0.15) is 0 Å². The standard InChI is InChI=1S/C7H11IO2.2C6H8I2O2/c1-6(4-9)2-3-7(8)5-10;7-5(1-3-9)6(8)2-4-10;7-5(1-2-9)3-6(8)4-10/h4-7H,2-3H2,1H3;3-6H,1-2H2;2,4-6H,1,3H2. The molecule has 11 heteroatoms. The highest BCUT2D eigenvalue weighted by Crippen LogP contribution is 2.19. The Kier molecular flexibility index (Phi) is 32.5. The van der Waals surface area contributed by atoms with Crippen LogP contribution in [0, 0.1) is 5.92 Å². The minimum atomic E-state index is 0.0550. The van der Waals surface area contributed by atoms with E-state index in [9.17, 15) is 28.8 Å². The van der Waals surface area contributed by atoms with Gasteiger partial charge in [-0.1, -0.05) is 120 Å². The molecule has 30 heavy (non-hydrogen) atoms. The molecule has 0 saturated heterocycles. The molecular weight excluding hydrogens is 959 g/mol. The van der Waals surface area contributed by atoms with Gasteiger partial charge < -0.3 is 28.8 Å². The highest BCUT2D eigenvalue weighted by molar-refractivity contribution is 14.1. The first-order valence-electron chi connectivity index (χ1n) is 9.00. The van der Waals surface area contributed by atoms with Crippen molar-refractivity contribution in [1.82, 2.24) is 0 Å². The molecule has 6 nitrogen and oxygen atoms in total. The van der Waals surface area contributed by atoms with Crippen molar-refractivity contribution >= 4 is 151 Å². The van der Waals surface area contributed by atoms with Crippen LogP contribution in [0.2, 0.25) is 0 Å². The number of alkyl halides is 5. The summed E-state index contributed by atoms with van der Waals surface area (Å²) in [5, 5.41) is 0. The van der Waals surface area contributed by atoms with Crippen LogP contribution in [0.4, 0.5) is 0 Å². The third kappa shape index (κ3) is 27.7. The molecule has 0 aliphatic heterocycles. The zero-order valence-electron chi connectivity index (χ0n) is 16.5. The van der Waals surface area contributed by atoms with Crippen LogP contribution in [0.5, 0.6) is 0 Å². The minimum absolute atomic E-state index is 0.0550. The lowest BCUT2D eigenvalue weighted by Gasteiger charge is -2.09. The summed E-state index contributed by atoms with van der Waals surface area (Å²) in [5.41, 5.74) is 0. The Balaban J connectivity index is -0.000000364. The number of hydrogen-bond donors (Lipinski definition) is 0. The van der Waals surface area contributed by atoms with Crippen molar-refractivity contribution in [2.75, 3.05) is 0 Å². The fourth-order valence-electron chi connectivity index (χ4n) is 1.54. The van der Waals surface area contributed by atoms with Crippen LogP contribution < -0.4 is 0 Å². The largest absolute Gasteiger partial charge is 0.303 e. The maximum absolute atomic E-state index is 10.1. The third-order valence-corrected chi connectivity index (χ3v) is 10.2. The number of aldehydes is 6. The second-order valence-corrected chi connectivity index (χ2v) is 14.2. The van der Waals surface area contributed by atoms with Crippen molar-refractivity contribution in [2.24, 2.45) is 5.92 Å². The van der Waals surface area contributed by atoms with Gasteiger partial charge in [-0.05, 0) is 19.3 Å². The first kappa shape index (κ1) is 36.2. The summed E-state index contributed by atoms with van der Waals surface area (Å²) in [6, 6.07) is 0. The number of carbonyl (C=O) groups excluding carboxylic acids is 6. The van der Waals surface area contributed by atoms with Gasteiger partial charge in [0.1, 0.15) is 37.7 Å². The quantitative estimate of drug-likeness (QED) is 0.128. The molecule has 0 heterocycles. The summed E-state index contributed by atoms with van der Waals surface area (Å²) in [6.45, 7) is 1.86. The molecule has 6 atom stereocenters. The molecular formula is C19H27I5O6. The summed E-state index contributed by atoms with van der Waals surface area (Å²) >= 11 is 10.7. The Morgan fingerprint density at radius 3 is 1.37 bits per heavy atom. The molecule has 6 unspecified atom stereocenters. The molecule has 0 aromatic rings. The lowest BCUT2D eigenvalue weighted by molar-refractivity contribution is -0.111. The number of carbonyl (C=O) groups is 6. The molecule has 0 radical (unpaired) electrons. The van der Waals surface area contributed by atoms with Crippen molar-refractivity contribution in [3.05, 3.63) is 0 Å². The second-order valence-electron chi connectivity index (χ2n) is 6.07. The monoisotopic (exact) mass is 986 g/mol. The van der Waals surface area contributed by atoms with Crippen LogP contribution in [0.25, 0.3) is 0 Å². The van der Waals surface area contributed by atoms with E-state index in [2.05, 4.69) is 113 Å². The lowest BCUT2D eigenvalue weighted by atomic mass is 10.1. The van der Waals surface area contributed by atoms with Gasteiger partial charge in [0, 0.05) is 37.0 Å². The molecule has 0 rings (SSSR count). The van der Waals surface area contributed by atoms with E-state index in [1.807, 2.05) is 6.92 Å². The predicted octanol–water partition coefficient (Wildman–Crippen LogP) is 5.15. The Morgan fingerprint density at radius 1 is 0.600 bits per heavy atom. The van der Waals surface area contributed by atoms with E-state index in [4.69, 9.17) is 0 Å². The lowest BCUT2D eigenvalue weighted by Crippen LogP contribution is -2.14. The summed E-state index contributed by atoms with van der Waals surface area (Å²) in [6.07, 6.45) is 9.50.